The number of hydrogen-bond acceptors (Lipinski definition) is 6. The van der Waals surface area contributed by atoms with E-state index in [1.807, 2.05) is 0 Å². The Labute approximate surface area is 115 Å². The third-order valence-corrected chi connectivity index (χ3v) is 3.47. The summed E-state index contributed by atoms with van der Waals surface area (Å²) in [6.45, 7) is 3.68. The highest BCUT2D eigenvalue weighted by Gasteiger charge is 2.18. The van der Waals surface area contributed by atoms with Gasteiger partial charge in [0.15, 0.2) is 5.76 Å². The highest BCUT2D eigenvalue weighted by Crippen LogP contribution is 2.14. The molecule has 0 saturated heterocycles. The summed E-state index contributed by atoms with van der Waals surface area (Å²) in [5.41, 5.74) is 1.43. The number of primary sulfonamides is 1. The maximum atomic E-state index is 11.8. The molecule has 0 fully saturated rings. The number of carbonyl (C=O) groups excluding carboxylic acids is 1. The summed E-state index contributed by atoms with van der Waals surface area (Å²) in [4.78, 5) is 11.8. The van der Waals surface area contributed by atoms with E-state index in [0.29, 0.717) is 11.5 Å². The highest BCUT2D eigenvalue weighted by atomic mass is 32.2. The van der Waals surface area contributed by atoms with E-state index in [1.165, 1.54) is 6.07 Å². The molecule has 0 aliphatic rings. The second-order valence-corrected chi connectivity index (χ2v) is 5.64. The summed E-state index contributed by atoms with van der Waals surface area (Å²) >= 11 is 0. The zero-order valence-electron chi connectivity index (χ0n) is 10.8. The average molecular weight is 299 g/mol. The van der Waals surface area contributed by atoms with Crippen LogP contribution in [-0.4, -0.2) is 19.5 Å². The van der Waals surface area contributed by atoms with Crippen LogP contribution in [0.4, 0.5) is 0 Å². The molecule has 2 aromatic heterocycles. The molecule has 1 amide bonds. The number of aryl methyl sites for hydroxylation is 2. The van der Waals surface area contributed by atoms with Crippen LogP contribution < -0.4 is 10.5 Å². The summed E-state index contributed by atoms with van der Waals surface area (Å²) in [6, 6.07) is 2.36. The Morgan fingerprint density at radius 1 is 1.40 bits per heavy atom. The fourth-order valence-corrected chi connectivity index (χ4v) is 2.07. The molecule has 2 aromatic rings. The van der Waals surface area contributed by atoms with Gasteiger partial charge < -0.3 is 14.3 Å². The maximum absolute atomic E-state index is 11.8. The lowest BCUT2D eigenvalue weighted by Gasteiger charge is -2.02. The van der Waals surface area contributed by atoms with Crippen molar-refractivity contribution in [3.63, 3.8) is 0 Å². The quantitative estimate of drug-likeness (QED) is 0.844. The minimum Gasteiger partial charge on any atom is -0.438 e. The summed E-state index contributed by atoms with van der Waals surface area (Å²) in [5.74, 6) is -0.0897. The van der Waals surface area contributed by atoms with E-state index >= 15 is 0 Å². The zero-order valence-corrected chi connectivity index (χ0v) is 11.7. The molecule has 8 nitrogen and oxygen atoms in total. The number of rotatable bonds is 4. The molecule has 2 heterocycles. The van der Waals surface area contributed by atoms with E-state index in [-0.39, 0.29) is 12.3 Å². The summed E-state index contributed by atoms with van der Waals surface area (Å²) in [6.07, 6.45) is 0. The van der Waals surface area contributed by atoms with Crippen molar-refractivity contribution in [3.8, 4) is 0 Å². The molecule has 0 radical (unpaired) electrons. The molecule has 0 aliphatic carbocycles. The minimum absolute atomic E-state index is 0.138. The van der Waals surface area contributed by atoms with Crippen molar-refractivity contribution in [2.45, 2.75) is 25.5 Å². The fraction of sp³-hybridized carbons (Fsp3) is 0.273. The first-order valence-electron chi connectivity index (χ1n) is 5.61. The minimum atomic E-state index is -3.96. The molecule has 0 aliphatic heterocycles. The van der Waals surface area contributed by atoms with E-state index < -0.39 is 21.0 Å². The van der Waals surface area contributed by atoms with Gasteiger partial charge in [-0.3, -0.25) is 4.79 Å². The molecule has 108 valence electrons. The van der Waals surface area contributed by atoms with Crippen LogP contribution in [0.3, 0.4) is 0 Å². The Kier molecular flexibility index (Phi) is 3.64. The van der Waals surface area contributed by atoms with E-state index in [1.54, 1.807) is 13.8 Å². The second kappa shape index (κ2) is 5.10. The molecule has 3 N–H and O–H groups in total. The lowest BCUT2D eigenvalue weighted by atomic mass is 10.2. The number of amides is 1. The number of nitrogens with two attached hydrogens (primary N) is 1. The van der Waals surface area contributed by atoms with Crippen LogP contribution in [0.2, 0.25) is 0 Å². The summed E-state index contributed by atoms with van der Waals surface area (Å²) in [5, 5.41) is 10.8. The van der Waals surface area contributed by atoms with Gasteiger partial charge in [0.1, 0.15) is 5.76 Å². The van der Waals surface area contributed by atoms with Crippen molar-refractivity contribution in [2.24, 2.45) is 5.14 Å². The Bertz CT molecular complexity index is 724. The third-order valence-electron chi connectivity index (χ3n) is 2.69. The van der Waals surface area contributed by atoms with Gasteiger partial charge in [-0.1, -0.05) is 5.16 Å². The number of sulfonamides is 1. The van der Waals surface area contributed by atoms with E-state index in [0.717, 1.165) is 11.6 Å². The third kappa shape index (κ3) is 2.89. The van der Waals surface area contributed by atoms with Crippen LogP contribution in [0, 0.1) is 13.8 Å². The second-order valence-electron chi connectivity index (χ2n) is 4.15. The first-order valence-corrected chi connectivity index (χ1v) is 7.16. The topological polar surface area (TPSA) is 128 Å². The van der Waals surface area contributed by atoms with Gasteiger partial charge in [0.2, 0.25) is 5.09 Å². The normalized spacial score (nSPS) is 11.6. The van der Waals surface area contributed by atoms with Gasteiger partial charge in [0, 0.05) is 12.1 Å². The first kappa shape index (κ1) is 14.3. The van der Waals surface area contributed by atoms with Gasteiger partial charge in [0.05, 0.1) is 5.69 Å². The van der Waals surface area contributed by atoms with Crippen LogP contribution in [-0.2, 0) is 16.6 Å². The SMILES string of the molecule is Cc1noc(C)c1CNC(=O)c1ccc(S(N)(=O)=O)o1. The number of carbonyl (C=O) groups is 1. The van der Waals surface area contributed by atoms with E-state index in [4.69, 9.17) is 14.1 Å². The molecule has 0 atom stereocenters. The van der Waals surface area contributed by atoms with Gasteiger partial charge in [-0.15, -0.1) is 0 Å². The first-order chi connectivity index (χ1) is 9.29. The van der Waals surface area contributed by atoms with Crippen LogP contribution >= 0.6 is 0 Å². The van der Waals surface area contributed by atoms with Gasteiger partial charge >= 0.3 is 0 Å². The van der Waals surface area contributed by atoms with Crippen molar-refractivity contribution in [1.29, 1.82) is 0 Å². The molecule has 0 saturated carbocycles. The predicted octanol–water partition coefficient (Wildman–Crippen LogP) is 0.462. The molecule has 0 bridgehead atoms. The Balaban J connectivity index is 2.08. The van der Waals surface area contributed by atoms with Crippen LogP contribution in [0.5, 0.6) is 0 Å². The number of furan rings is 1. The molecule has 0 unspecified atom stereocenters. The predicted molar refractivity (Wildman–Crippen MR) is 67.2 cm³/mol. The molecule has 0 aromatic carbocycles. The molecular formula is C11H13N3O5S. The van der Waals surface area contributed by atoms with Crippen molar-refractivity contribution in [2.75, 3.05) is 0 Å². The smallest absolute Gasteiger partial charge is 0.287 e. The highest BCUT2D eigenvalue weighted by molar-refractivity contribution is 7.89. The van der Waals surface area contributed by atoms with Crippen LogP contribution in [0.1, 0.15) is 27.6 Å². The number of nitrogens with one attached hydrogen (secondary N) is 1. The Morgan fingerprint density at radius 2 is 2.10 bits per heavy atom. The van der Waals surface area contributed by atoms with Crippen LogP contribution in [0.15, 0.2) is 26.2 Å². The van der Waals surface area contributed by atoms with Gasteiger partial charge in [0.25, 0.3) is 15.9 Å². The molecule has 0 spiro atoms. The monoisotopic (exact) mass is 299 g/mol. The Morgan fingerprint density at radius 3 is 2.60 bits per heavy atom. The zero-order chi connectivity index (χ0) is 14.9. The standard InChI is InChI=1S/C11H13N3O5S/c1-6-8(7(2)19-14-6)5-13-11(15)9-3-4-10(18-9)20(12,16)17/h3-4H,5H2,1-2H3,(H,13,15)(H2,12,16,17). The van der Waals surface area contributed by atoms with Crippen LogP contribution in [0.25, 0.3) is 0 Å². The molecule has 2 rings (SSSR count). The molecule has 20 heavy (non-hydrogen) atoms. The number of aromatic nitrogens is 1. The maximum Gasteiger partial charge on any atom is 0.287 e. The number of nitrogens with zero attached hydrogens (tertiary/aromatic N) is 1. The lowest BCUT2D eigenvalue weighted by molar-refractivity contribution is 0.0917. The molecular weight excluding hydrogens is 286 g/mol. The van der Waals surface area contributed by atoms with E-state index in [2.05, 4.69) is 10.5 Å². The van der Waals surface area contributed by atoms with Gasteiger partial charge in [-0.25, -0.2) is 13.6 Å². The largest absolute Gasteiger partial charge is 0.438 e. The average Bonchev–Trinajstić information content (AvgIpc) is 2.95. The number of hydrogen-bond donors (Lipinski definition) is 2. The van der Waals surface area contributed by atoms with E-state index in [9.17, 15) is 13.2 Å². The van der Waals surface area contributed by atoms with Gasteiger partial charge in [-0.05, 0) is 26.0 Å². The summed E-state index contributed by atoms with van der Waals surface area (Å²) in [7, 11) is -3.96. The van der Waals surface area contributed by atoms with Gasteiger partial charge in [-0.2, -0.15) is 0 Å². The van der Waals surface area contributed by atoms with Crippen molar-refractivity contribution >= 4 is 15.9 Å². The Hall–Kier alpha value is -2.13. The van der Waals surface area contributed by atoms with Crippen molar-refractivity contribution in [1.82, 2.24) is 10.5 Å². The lowest BCUT2D eigenvalue weighted by Crippen LogP contribution is -2.22. The van der Waals surface area contributed by atoms with Crippen molar-refractivity contribution in [3.05, 3.63) is 34.9 Å². The fourth-order valence-electron chi connectivity index (χ4n) is 1.61. The molecule has 9 heteroatoms. The van der Waals surface area contributed by atoms with Crippen molar-refractivity contribution < 1.29 is 22.2 Å². The summed E-state index contributed by atoms with van der Waals surface area (Å²) < 4.78 is 31.9.